The number of aromatic amines is 1. The first-order valence-corrected chi connectivity index (χ1v) is 6.47. The number of aliphatic hydroxyl groups excluding tert-OH is 1. The first kappa shape index (κ1) is 13.5. The summed E-state index contributed by atoms with van der Waals surface area (Å²) in [6.45, 7) is 2.22. The Morgan fingerprint density at radius 1 is 1.56 bits per heavy atom. The van der Waals surface area contributed by atoms with Crippen LogP contribution in [0.1, 0.15) is 26.2 Å². The molecular formula is C10H20N4OS. The lowest BCUT2D eigenvalue weighted by molar-refractivity contribution is 0.171. The van der Waals surface area contributed by atoms with E-state index < -0.39 is 0 Å². The van der Waals surface area contributed by atoms with Crippen molar-refractivity contribution in [1.82, 2.24) is 20.5 Å². The summed E-state index contributed by atoms with van der Waals surface area (Å²) in [7, 11) is 1.89. The van der Waals surface area contributed by atoms with E-state index in [0.29, 0.717) is 0 Å². The first-order valence-electron chi connectivity index (χ1n) is 5.48. The largest absolute Gasteiger partial charge is 0.394 e. The molecule has 16 heavy (non-hydrogen) atoms. The van der Waals surface area contributed by atoms with E-state index in [1.165, 1.54) is 6.33 Å². The highest BCUT2D eigenvalue weighted by atomic mass is 32.2. The molecule has 1 aromatic rings. The topological polar surface area (TPSA) is 73.8 Å². The molecule has 1 atom stereocenters. The second kappa shape index (κ2) is 6.88. The summed E-state index contributed by atoms with van der Waals surface area (Å²) in [6, 6.07) is 0. The van der Waals surface area contributed by atoms with E-state index in [1.54, 1.807) is 11.8 Å². The second-order valence-corrected chi connectivity index (χ2v) is 5.15. The Kier molecular flexibility index (Phi) is 5.79. The summed E-state index contributed by atoms with van der Waals surface area (Å²) in [6.07, 6.45) is 4.71. The standard InChI is InChI=1S/C10H20N4OS/c1-10(7-15,11-2)5-3-4-6-16-9-12-8-13-14-9/h8,11,15H,3-7H2,1-2H3,(H,12,13,14). The molecule has 1 aromatic heterocycles. The van der Waals surface area contributed by atoms with Gasteiger partial charge in [0.2, 0.25) is 0 Å². The van der Waals surface area contributed by atoms with Crippen LogP contribution in [0, 0.1) is 0 Å². The number of nitrogens with one attached hydrogen (secondary N) is 2. The Morgan fingerprint density at radius 2 is 2.38 bits per heavy atom. The molecule has 1 rings (SSSR count). The molecule has 0 spiro atoms. The zero-order chi connectivity index (χ0) is 11.9. The Bertz CT molecular complexity index is 274. The van der Waals surface area contributed by atoms with Crippen LogP contribution in [0.2, 0.25) is 0 Å². The summed E-state index contributed by atoms with van der Waals surface area (Å²) >= 11 is 1.68. The normalized spacial score (nSPS) is 14.9. The quantitative estimate of drug-likeness (QED) is 0.470. The van der Waals surface area contributed by atoms with Crippen molar-refractivity contribution < 1.29 is 5.11 Å². The van der Waals surface area contributed by atoms with E-state index in [2.05, 4.69) is 20.5 Å². The second-order valence-electron chi connectivity index (χ2n) is 4.06. The Labute approximate surface area is 100 Å². The fourth-order valence-corrected chi connectivity index (χ4v) is 2.11. The number of rotatable bonds is 8. The average Bonchev–Trinajstić information content (AvgIpc) is 2.81. The van der Waals surface area contributed by atoms with Gasteiger partial charge in [0.05, 0.1) is 6.61 Å². The molecule has 5 nitrogen and oxygen atoms in total. The number of nitrogens with zero attached hydrogens (tertiary/aromatic N) is 2. The van der Waals surface area contributed by atoms with Crippen molar-refractivity contribution in [3.63, 3.8) is 0 Å². The number of hydrogen-bond donors (Lipinski definition) is 3. The minimum Gasteiger partial charge on any atom is -0.394 e. The lowest BCUT2D eigenvalue weighted by atomic mass is 9.96. The maximum absolute atomic E-state index is 9.20. The fourth-order valence-electron chi connectivity index (χ4n) is 1.33. The SMILES string of the molecule is CNC(C)(CO)CCCCSc1ncn[nH]1. The van der Waals surface area contributed by atoms with Crippen LogP contribution in [0.4, 0.5) is 0 Å². The first-order chi connectivity index (χ1) is 7.70. The van der Waals surface area contributed by atoms with E-state index >= 15 is 0 Å². The molecule has 0 saturated carbocycles. The number of hydrogen-bond acceptors (Lipinski definition) is 5. The van der Waals surface area contributed by atoms with Gasteiger partial charge in [0.25, 0.3) is 0 Å². The van der Waals surface area contributed by atoms with Crippen molar-refractivity contribution in [2.45, 2.75) is 36.9 Å². The van der Waals surface area contributed by atoms with Crippen LogP contribution in [0.15, 0.2) is 11.5 Å². The van der Waals surface area contributed by atoms with E-state index in [-0.39, 0.29) is 12.1 Å². The molecule has 3 N–H and O–H groups in total. The van der Waals surface area contributed by atoms with Crippen LogP contribution in [-0.2, 0) is 0 Å². The van der Waals surface area contributed by atoms with Crippen molar-refractivity contribution >= 4 is 11.8 Å². The van der Waals surface area contributed by atoms with Crippen LogP contribution < -0.4 is 5.32 Å². The molecule has 0 aliphatic carbocycles. The Balaban J connectivity index is 2.08. The van der Waals surface area contributed by atoms with Gasteiger partial charge in [-0.2, -0.15) is 5.10 Å². The van der Waals surface area contributed by atoms with Gasteiger partial charge in [-0.3, -0.25) is 5.10 Å². The van der Waals surface area contributed by atoms with Crippen LogP contribution >= 0.6 is 11.8 Å². The number of likely N-dealkylation sites (N-methyl/N-ethyl adjacent to an activating group) is 1. The van der Waals surface area contributed by atoms with Gasteiger partial charge < -0.3 is 10.4 Å². The van der Waals surface area contributed by atoms with Crippen molar-refractivity contribution in [3.05, 3.63) is 6.33 Å². The zero-order valence-corrected chi connectivity index (χ0v) is 10.7. The summed E-state index contributed by atoms with van der Waals surface area (Å²) < 4.78 is 0. The Morgan fingerprint density at radius 3 is 2.94 bits per heavy atom. The van der Waals surface area contributed by atoms with E-state index in [1.807, 2.05) is 14.0 Å². The van der Waals surface area contributed by atoms with Gasteiger partial charge in [0.1, 0.15) is 6.33 Å². The van der Waals surface area contributed by atoms with Crippen molar-refractivity contribution in [1.29, 1.82) is 0 Å². The van der Waals surface area contributed by atoms with Crippen LogP contribution in [-0.4, -0.2) is 45.2 Å². The van der Waals surface area contributed by atoms with Gasteiger partial charge in [-0.05, 0) is 26.8 Å². The molecule has 1 heterocycles. The van der Waals surface area contributed by atoms with Gasteiger partial charge in [0, 0.05) is 11.3 Å². The highest BCUT2D eigenvalue weighted by molar-refractivity contribution is 7.99. The van der Waals surface area contributed by atoms with Crippen molar-refractivity contribution in [2.75, 3.05) is 19.4 Å². The van der Waals surface area contributed by atoms with Gasteiger partial charge in [-0.1, -0.05) is 18.2 Å². The van der Waals surface area contributed by atoms with Gasteiger partial charge in [-0.25, -0.2) is 4.98 Å². The third kappa shape index (κ3) is 4.51. The van der Waals surface area contributed by atoms with Gasteiger partial charge >= 0.3 is 0 Å². The predicted octanol–water partition coefficient (Wildman–Crippen LogP) is 1.04. The molecule has 0 bridgehead atoms. The molecule has 0 aliphatic heterocycles. The fraction of sp³-hybridized carbons (Fsp3) is 0.800. The maximum atomic E-state index is 9.20. The number of aliphatic hydroxyl groups is 1. The summed E-state index contributed by atoms with van der Waals surface area (Å²) in [4.78, 5) is 4.04. The Hall–Kier alpha value is -0.590. The number of thioether (sulfide) groups is 1. The highest BCUT2D eigenvalue weighted by Crippen LogP contribution is 2.17. The average molecular weight is 244 g/mol. The monoisotopic (exact) mass is 244 g/mol. The molecule has 0 radical (unpaired) electrons. The molecule has 1 unspecified atom stereocenters. The number of H-pyrrole nitrogens is 1. The highest BCUT2D eigenvalue weighted by Gasteiger charge is 2.19. The van der Waals surface area contributed by atoms with E-state index in [0.717, 1.165) is 30.2 Å². The lowest BCUT2D eigenvalue weighted by Crippen LogP contribution is -2.43. The minimum atomic E-state index is -0.142. The zero-order valence-electron chi connectivity index (χ0n) is 9.86. The maximum Gasteiger partial charge on any atom is 0.183 e. The van der Waals surface area contributed by atoms with E-state index in [4.69, 9.17) is 0 Å². The number of aromatic nitrogens is 3. The van der Waals surface area contributed by atoms with Crippen molar-refractivity contribution in [3.8, 4) is 0 Å². The van der Waals surface area contributed by atoms with E-state index in [9.17, 15) is 5.11 Å². The predicted molar refractivity (Wildman–Crippen MR) is 65.5 cm³/mol. The third-order valence-corrected chi connectivity index (χ3v) is 3.67. The lowest BCUT2D eigenvalue weighted by Gasteiger charge is -2.26. The summed E-state index contributed by atoms with van der Waals surface area (Å²) in [5.41, 5.74) is -0.142. The molecule has 6 heteroatoms. The molecule has 0 aliphatic rings. The van der Waals surface area contributed by atoms with Crippen LogP contribution in [0.5, 0.6) is 0 Å². The summed E-state index contributed by atoms with van der Waals surface area (Å²) in [5, 5.41) is 19.8. The number of unbranched alkanes of at least 4 members (excludes halogenated alkanes) is 1. The third-order valence-electron chi connectivity index (χ3n) is 2.71. The van der Waals surface area contributed by atoms with Gasteiger partial charge in [0.15, 0.2) is 5.16 Å². The molecule has 0 saturated heterocycles. The molecular weight excluding hydrogens is 224 g/mol. The molecule has 0 aromatic carbocycles. The van der Waals surface area contributed by atoms with Crippen molar-refractivity contribution in [2.24, 2.45) is 0 Å². The van der Waals surface area contributed by atoms with Crippen LogP contribution in [0.3, 0.4) is 0 Å². The summed E-state index contributed by atoms with van der Waals surface area (Å²) in [5.74, 6) is 1.03. The molecule has 92 valence electrons. The smallest absolute Gasteiger partial charge is 0.183 e. The molecule has 0 fully saturated rings. The molecule has 0 amide bonds. The van der Waals surface area contributed by atoms with Crippen LogP contribution in [0.25, 0.3) is 0 Å². The minimum absolute atomic E-state index is 0.142. The van der Waals surface area contributed by atoms with Gasteiger partial charge in [-0.15, -0.1) is 0 Å².